The second kappa shape index (κ2) is 6.10. The fraction of sp³-hybridized carbons (Fsp3) is 1.00. The number of hydrogen-bond donors (Lipinski definition) is 0. The summed E-state index contributed by atoms with van der Waals surface area (Å²) in [5.74, 6) is -0.573. The SMILES string of the molecule is CC(C)(C)CCS(=O)(=O)OS(=O)(=O)CCC(C)(C)C. The van der Waals surface area contributed by atoms with Crippen LogP contribution in [0.3, 0.4) is 0 Å². The molecule has 0 unspecified atom stereocenters. The molecule has 0 bridgehead atoms. The van der Waals surface area contributed by atoms with Crippen LogP contribution < -0.4 is 0 Å². The van der Waals surface area contributed by atoms with Gasteiger partial charge in [-0.2, -0.15) is 16.8 Å². The van der Waals surface area contributed by atoms with Gasteiger partial charge in [-0.1, -0.05) is 41.5 Å². The lowest BCUT2D eigenvalue weighted by Gasteiger charge is -2.19. The summed E-state index contributed by atoms with van der Waals surface area (Å²) in [6.45, 7) is 11.3. The second-order valence-corrected chi connectivity index (χ2v) is 10.8. The van der Waals surface area contributed by atoms with Crippen LogP contribution in [0.2, 0.25) is 0 Å². The van der Waals surface area contributed by atoms with Crippen molar-refractivity contribution in [3.05, 3.63) is 0 Å². The molecule has 0 atom stereocenters. The van der Waals surface area contributed by atoms with Crippen molar-refractivity contribution >= 4 is 20.2 Å². The number of hydrogen-bond acceptors (Lipinski definition) is 5. The highest BCUT2D eigenvalue weighted by molar-refractivity contribution is 7.99. The van der Waals surface area contributed by atoms with Gasteiger partial charge in [0.25, 0.3) is 20.2 Å². The summed E-state index contributed by atoms with van der Waals surface area (Å²) in [5, 5.41) is 0. The fourth-order valence-electron chi connectivity index (χ4n) is 1.09. The molecule has 5 nitrogen and oxygen atoms in total. The van der Waals surface area contributed by atoms with Crippen molar-refractivity contribution in [1.29, 1.82) is 0 Å². The Morgan fingerprint density at radius 1 is 0.684 bits per heavy atom. The molecule has 116 valence electrons. The zero-order valence-electron chi connectivity index (χ0n) is 12.7. The Bertz CT molecular complexity index is 429. The van der Waals surface area contributed by atoms with E-state index >= 15 is 0 Å². The predicted octanol–water partition coefficient (Wildman–Crippen LogP) is 2.54. The van der Waals surface area contributed by atoms with Gasteiger partial charge in [0.1, 0.15) is 0 Å². The maximum Gasteiger partial charge on any atom is 0.281 e. The van der Waals surface area contributed by atoms with Gasteiger partial charge in [-0.3, -0.25) is 0 Å². The van der Waals surface area contributed by atoms with E-state index in [1.807, 2.05) is 41.5 Å². The molecule has 7 heteroatoms. The zero-order valence-corrected chi connectivity index (χ0v) is 14.3. The number of rotatable bonds is 6. The summed E-state index contributed by atoms with van der Waals surface area (Å²) in [7, 11) is -8.06. The van der Waals surface area contributed by atoms with Crippen molar-refractivity contribution in [2.75, 3.05) is 11.5 Å². The van der Waals surface area contributed by atoms with Gasteiger partial charge in [0.15, 0.2) is 0 Å². The maximum absolute atomic E-state index is 11.6. The highest BCUT2D eigenvalue weighted by atomic mass is 32.3. The summed E-state index contributed by atoms with van der Waals surface area (Å²) >= 11 is 0. The lowest BCUT2D eigenvalue weighted by atomic mass is 9.94. The van der Waals surface area contributed by atoms with E-state index in [4.69, 9.17) is 0 Å². The van der Waals surface area contributed by atoms with Gasteiger partial charge in [-0.05, 0) is 23.7 Å². The normalized spacial score (nSPS) is 14.6. The minimum absolute atomic E-state index is 0.189. The van der Waals surface area contributed by atoms with Crippen molar-refractivity contribution in [3.8, 4) is 0 Å². The molecule has 0 aromatic carbocycles. The van der Waals surface area contributed by atoms with Crippen LogP contribution in [-0.2, 0) is 23.9 Å². The van der Waals surface area contributed by atoms with Crippen LogP contribution in [-0.4, -0.2) is 28.3 Å². The van der Waals surface area contributed by atoms with Crippen molar-refractivity contribution in [2.45, 2.75) is 54.4 Å². The molecule has 0 fully saturated rings. The summed E-state index contributed by atoms with van der Waals surface area (Å²) < 4.78 is 50.8. The molecule has 0 saturated carbocycles. The second-order valence-electron chi connectivity index (χ2n) is 7.21. The summed E-state index contributed by atoms with van der Waals surface area (Å²) in [5.41, 5.74) is -0.378. The van der Waals surface area contributed by atoms with Crippen LogP contribution in [0.1, 0.15) is 54.4 Å². The Kier molecular flexibility index (Phi) is 6.05. The van der Waals surface area contributed by atoms with Crippen LogP contribution in [0.15, 0.2) is 0 Å². The Hall–Kier alpha value is -0.140. The smallest absolute Gasteiger partial charge is 0.198 e. The minimum atomic E-state index is -4.03. The van der Waals surface area contributed by atoms with Crippen LogP contribution in [0, 0.1) is 10.8 Å². The molecule has 0 saturated heterocycles. The van der Waals surface area contributed by atoms with Crippen LogP contribution in [0.5, 0.6) is 0 Å². The van der Waals surface area contributed by atoms with Gasteiger partial charge in [0.2, 0.25) is 0 Å². The predicted molar refractivity (Wildman–Crippen MR) is 76.8 cm³/mol. The quantitative estimate of drug-likeness (QED) is 0.753. The Morgan fingerprint density at radius 3 is 1.16 bits per heavy atom. The molecule has 19 heavy (non-hydrogen) atoms. The Labute approximate surface area is 118 Å². The monoisotopic (exact) mass is 314 g/mol. The lowest BCUT2D eigenvalue weighted by Crippen LogP contribution is -2.23. The summed E-state index contributed by atoms with van der Waals surface area (Å²) in [4.78, 5) is 0. The first kappa shape index (κ1) is 18.9. The summed E-state index contributed by atoms with van der Waals surface area (Å²) in [6.07, 6.45) is 0.703. The zero-order chi connectivity index (χ0) is 15.5. The van der Waals surface area contributed by atoms with Crippen LogP contribution >= 0.6 is 0 Å². The van der Waals surface area contributed by atoms with E-state index in [1.54, 1.807) is 0 Å². The third kappa shape index (κ3) is 11.4. The first-order valence-corrected chi connectivity index (χ1v) is 9.44. The van der Waals surface area contributed by atoms with E-state index in [1.165, 1.54) is 0 Å². The van der Waals surface area contributed by atoms with Crippen molar-refractivity contribution in [1.82, 2.24) is 0 Å². The largest absolute Gasteiger partial charge is 0.281 e. The maximum atomic E-state index is 11.6. The average molecular weight is 314 g/mol. The molecule has 0 aliphatic carbocycles. The Morgan fingerprint density at radius 2 is 0.947 bits per heavy atom. The third-order valence-corrected chi connectivity index (χ3v) is 5.48. The molecule has 0 heterocycles. The van der Waals surface area contributed by atoms with Crippen molar-refractivity contribution in [3.63, 3.8) is 0 Å². The molecule has 0 aliphatic heterocycles. The van der Waals surface area contributed by atoms with Gasteiger partial charge in [0, 0.05) is 0 Å². The minimum Gasteiger partial charge on any atom is -0.198 e. The van der Waals surface area contributed by atoms with E-state index < -0.39 is 20.2 Å². The van der Waals surface area contributed by atoms with E-state index in [0.29, 0.717) is 12.8 Å². The Balaban J connectivity index is 4.57. The summed E-state index contributed by atoms with van der Waals surface area (Å²) in [6, 6.07) is 0. The van der Waals surface area contributed by atoms with E-state index in [-0.39, 0.29) is 22.3 Å². The van der Waals surface area contributed by atoms with E-state index in [0.717, 1.165) is 0 Å². The molecule has 0 radical (unpaired) electrons. The lowest BCUT2D eigenvalue weighted by molar-refractivity contribution is 0.380. The molecule has 0 aromatic heterocycles. The van der Waals surface area contributed by atoms with E-state index in [9.17, 15) is 16.8 Å². The molecule has 0 amide bonds. The molecule has 0 aromatic rings. The van der Waals surface area contributed by atoms with Crippen molar-refractivity contribution < 1.29 is 20.5 Å². The molecule has 0 aliphatic rings. The third-order valence-electron chi connectivity index (χ3n) is 2.41. The fourth-order valence-corrected chi connectivity index (χ4v) is 4.62. The van der Waals surface area contributed by atoms with Crippen molar-refractivity contribution in [2.24, 2.45) is 10.8 Å². The molecule has 0 N–H and O–H groups in total. The van der Waals surface area contributed by atoms with Gasteiger partial charge >= 0.3 is 0 Å². The molecule has 0 spiro atoms. The van der Waals surface area contributed by atoms with Gasteiger partial charge in [-0.25, -0.2) is 0 Å². The highest BCUT2D eigenvalue weighted by Crippen LogP contribution is 2.22. The van der Waals surface area contributed by atoms with Crippen LogP contribution in [0.25, 0.3) is 0 Å². The first-order valence-electron chi connectivity index (χ1n) is 6.28. The van der Waals surface area contributed by atoms with Gasteiger partial charge < -0.3 is 0 Å². The van der Waals surface area contributed by atoms with Gasteiger partial charge in [0.05, 0.1) is 11.5 Å². The van der Waals surface area contributed by atoms with Crippen LogP contribution in [0.4, 0.5) is 0 Å². The highest BCUT2D eigenvalue weighted by Gasteiger charge is 2.26. The molecule has 0 rings (SSSR count). The standard InChI is InChI=1S/C12H26O5S2/c1-11(2,3)7-9-18(13,14)17-19(15,16)10-8-12(4,5)6/h7-10H2,1-6H3. The average Bonchev–Trinajstić information content (AvgIpc) is 2.09. The molecular formula is C12H26O5S2. The van der Waals surface area contributed by atoms with E-state index in [2.05, 4.69) is 3.63 Å². The van der Waals surface area contributed by atoms with Gasteiger partial charge in [-0.15, -0.1) is 3.63 Å². The topological polar surface area (TPSA) is 77.5 Å². The molecular weight excluding hydrogens is 288 g/mol. The first-order chi connectivity index (χ1) is 8.12.